The molecule has 2 heterocycles. The molecule has 19 heavy (non-hydrogen) atoms. The Morgan fingerprint density at radius 2 is 2.32 bits per heavy atom. The fraction of sp³-hybridized carbons (Fsp3) is 0.714. The van der Waals surface area contributed by atoms with Gasteiger partial charge in [-0.1, -0.05) is 6.42 Å². The average molecular weight is 265 g/mol. The van der Waals surface area contributed by atoms with E-state index >= 15 is 0 Å². The van der Waals surface area contributed by atoms with Crippen LogP contribution in [0.1, 0.15) is 44.8 Å². The predicted octanol–water partition coefficient (Wildman–Crippen LogP) is 1.99. The molecule has 0 aromatic carbocycles. The molecule has 0 bridgehead atoms. The lowest BCUT2D eigenvalue weighted by atomic mass is 10.0. The molecular weight excluding hydrogens is 242 g/mol. The van der Waals surface area contributed by atoms with E-state index in [1.807, 2.05) is 12.5 Å². The fourth-order valence-corrected chi connectivity index (χ4v) is 2.71. The standard InChI is InChI=1S/C14H23N3O2/c1-11(2)17-10-15-8-12(17)9-16-7-5-4-6-13(16)14(18)19-3/h8,10-11,13H,4-7,9H2,1-3H3. The number of hydrogen-bond donors (Lipinski definition) is 0. The lowest BCUT2D eigenvalue weighted by Crippen LogP contribution is -2.45. The molecular formula is C14H23N3O2. The number of aromatic nitrogens is 2. The van der Waals surface area contributed by atoms with E-state index in [-0.39, 0.29) is 12.0 Å². The topological polar surface area (TPSA) is 47.4 Å². The molecule has 1 aromatic rings. The quantitative estimate of drug-likeness (QED) is 0.781. The first-order chi connectivity index (χ1) is 9.13. The van der Waals surface area contributed by atoms with Crippen molar-refractivity contribution in [3.8, 4) is 0 Å². The summed E-state index contributed by atoms with van der Waals surface area (Å²) >= 11 is 0. The highest BCUT2D eigenvalue weighted by atomic mass is 16.5. The SMILES string of the molecule is COC(=O)C1CCCCN1Cc1cncn1C(C)C. The van der Waals surface area contributed by atoms with Crippen molar-refractivity contribution in [2.45, 2.75) is 51.7 Å². The zero-order valence-electron chi connectivity index (χ0n) is 12.0. The van der Waals surface area contributed by atoms with Gasteiger partial charge in [0.05, 0.1) is 19.1 Å². The number of piperidine rings is 1. The zero-order chi connectivity index (χ0) is 13.8. The molecule has 1 aliphatic heterocycles. The van der Waals surface area contributed by atoms with Gasteiger partial charge in [-0.15, -0.1) is 0 Å². The molecule has 1 saturated heterocycles. The van der Waals surface area contributed by atoms with E-state index in [2.05, 4.69) is 28.3 Å². The van der Waals surface area contributed by atoms with Crippen molar-refractivity contribution in [1.82, 2.24) is 14.5 Å². The van der Waals surface area contributed by atoms with Gasteiger partial charge >= 0.3 is 5.97 Å². The number of imidazole rings is 1. The fourth-order valence-electron chi connectivity index (χ4n) is 2.71. The highest BCUT2D eigenvalue weighted by Gasteiger charge is 2.30. The van der Waals surface area contributed by atoms with Gasteiger partial charge in [-0.05, 0) is 33.2 Å². The van der Waals surface area contributed by atoms with Crippen LogP contribution in [0.25, 0.3) is 0 Å². The Hall–Kier alpha value is -1.36. The molecule has 106 valence electrons. The Bertz CT molecular complexity index is 428. The van der Waals surface area contributed by atoms with Gasteiger partial charge < -0.3 is 9.30 Å². The van der Waals surface area contributed by atoms with Crippen LogP contribution >= 0.6 is 0 Å². The van der Waals surface area contributed by atoms with Crippen LogP contribution < -0.4 is 0 Å². The van der Waals surface area contributed by atoms with Gasteiger partial charge in [0.1, 0.15) is 6.04 Å². The number of ether oxygens (including phenoxy) is 1. The maximum atomic E-state index is 11.8. The number of carbonyl (C=O) groups is 1. The van der Waals surface area contributed by atoms with Crippen LogP contribution in [-0.2, 0) is 16.1 Å². The van der Waals surface area contributed by atoms with Gasteiger partial charge in [-0.3, -0.25) is 9.69 Å². The van der Waals surface area contributed by atoms with Crippen LogP contribution in [0, 0.1) is 0 Å². The molecule has 5 nitrogen and oxygen atoms in total. The molecule has 0 aliphatic carbocycles. The number of carbonyl (C=O) groups excluding carboxylic acids is 1. The molecule has 1 aromatic heterocycles. The van der Waals surface area contributed by atoms with E-state index in [1.165, 1.54) is 7.11 Å². The summed E-state index contributed by atoms with van der Waals surface area (Å²) in [4.78, 5) is 18.3. The highest BCUT2D eigenvalue weighted by molar-refractivity contribution is 5.75. The predicted molar refractivity (Wildman–Crippen MR) is 72.7 cm³/mol. The third-order valence-electron chi connectivity index (χ3n) is 3.75. The van der Waals surface area contributed by atoms with Crippen LogP contribution in [0.2, 0.25) is 0 Å². The Morgan fingerprint density at radius 1 is 1.53 bits per heavy atom. The van der Waals surface area contributed by atoms with Crippen molar-refractivity contribution in [1.29, 1.82) is 0 Å². The van der Waals surface area contributed by atoms with Crippen molar-refractivity contribution in [3.63, 3.8) is 0 Å². The third-order valence-corrected chi connectivity index (χ3v) is 3.75. The van der Waals surface area contributed by atoms with E-state index in [9.17, 15) is 4.79 Å². The minimum atomic E-state index is -0.115. The normalized spacial score (nSPS) is 20.7. The third kappa shape index (κ3) is 3.15. The van der Waals surface area contributed by atoms with Crippen molar-refractivity contribution in [3.05, 3.63) is 18.2 Å². The Morgan fingerprint density at radius 3 is 3.00 bits per heavy atom. The summed E-state index contributed by atoms with van der Waals surface area (Å²) in [7, 11) is 1.47. The first kappa shape index (κ1) is 14.1. The first-order valence-electron chi connectivity index (χ1n) is 6.96. The average Bonchev–Trinajstić information content (AvgIpc) is 2.87. The molecule has 1 fully saturated rings. The first-order valence-corrected chi connectivity index (χ1v) is 6.96. The van der Waals surface area contributed by atoms with Crippen molar-refractivity contribution in [2.24, 2.45) is 0 Å². The molecule has 1 unspecified atom stereocenters. The summed E-state index contributed by atoms with van der Waals surface area (Å²) in [6, 6.07) is 0.285. The second-order valence-corrected chi connectivity index (χ2v) is 5.39. The van der Waals surface area contributed by atoms with Crippen LogP contribution in [-0.4, -0.2) is 40.1 Å². The van der Waals surface area contributed by atoms with Crippen molar-refractivity contribution < 1.29 is 9.53 Å². The molecule has 0 amide bonds. The molecule has 2 rings (SSSR count). The molecule has 1 aliphatic rings. The van der Waals surface area contributed by atoms with E-state index in [1.54, 1.807) is 0 Å². The number of esters is 1. The van der Waals surface area contributed by atoms with Gasteiger partial charge in [0, 0.05) is 18.8 Å². The summed E-state index contributed by atoms with van der Waals surface area (Å²) in [6.45, 7) is 5.99. The number of hydrogen-bond acceptors (Lipinski definition) is 4. The number of nitrogens with zero attached hydrogens (tertiary/aromatic N) is 3. The molecule has 0 radical (unpaired) electrons. The lowest BCUT2D eigenvalue weighted by Gasteiger charge is -2.33. The monoisotopic (exact) mass is 265 g/mol. The van der Waals surface area contributed by atoms with E-state index < -0.39 is 0 Å². The number of rotatable bonds is 4. The van der Waals surface area contributed by atoms with Gasteiger partial charge in [-0.2, -0.15) is 0 Å². The van der Waals surface area contributed by atoms with Crippen LogP contribution in [0.5, 0.6) is 0 Å². The maximum absolute atomic E-state index is 11.8. The smallest absolute Gasteiger partial charge is 0.323 e. The molecule has 0 N–H and O–H groups in total. The molecule has 1 atom stereocenters. The van der Waals surface area contributed by atoms with E-state index in [0.29, 0.717) is 6.04 Å². The van der Waals surface area contributed by atoms with Crippen LogP contribution in [0.4, 0.5) is 0 Å². The summed E-state index contributed by atoms with van der Waals surface area (Å²) in [5, 5.41) is 0. The second kappa shape index (κ2) is 6.19. The van der Waals surface area contributed by atoms with E-state index in [4.69, 9.17) is 4.74 Å². The molecule has 5 heteroatoms. The van der Waals surface area contributed by atoms with E-state index in [0.717, 1.165) is 38.0 Å². The Kier molecular flexibility index (Phi) is 4.58. The maximum Gasteiger partial charge on any atom is 0.323 e. The number of methoxy groups -OCH3 is 1. The van der Waals surface area contributed by atoms with Gasteiger partial charge in [0.2, 0.25) is 0 Å². The Balaban J connectivity index is 2.11. The van der Waals surface area contributed by atoms with Gasteiger partial charge in [0.15, 0.2) is 0 Å². The minimum absolute atomic E-state index is 0.103. The second-order valence-electron chi connectivity index (χ2n) is 5.39. The number of likely N-dealkylation sites (tertiary alicyclic amines) is 1. The summed E-state index contributed by atoms with van der Waals surface area (Å²) in [6.07, 6.45) is 6.88. The van der Waals surface area contributed by atoms with Crippen molar-refractivity contribution >= 4 is 5.97 Å². The molecule has 0 saturated carbocycles. The lowest BCUT2D eigenvalue weighted by molar-refractivity contribution is -0.148. The zero-order valence-corrected chi connectivity index (χ0v) is 12.0. The Labute approximate surface area is 114 Å². The van der Waals surface area contributed by atoms with Gasteiger partial charge in [-0.25, -0.2) is 4.98 Å². The summed E-state index contributed by atoms with van der Waals surface area (Å²) in [5.74, 6) is -0.115. The van der Waals surface area contributed by atoms with Crippen LogP contribution in [0.3, 0.4) is 0 Å². The van der Waals surface area contributed by atoms with Crippen LogP contribution in [0.15, 0.2) is 12.5 Å². The summed E-state index contributed by atoms with van der Waals surface area (Å²) < 4.78 is 7.07. The summed E-state index contributed by atoms with van der Waals surface area (Å²) in [5.41, 5.74) is 1.16. The van der Waals surface area contributed by atoms with Crippen molar-refractivity contribution in [2.75, 3.05) is 13.7 Å². The largest absolute Gasteiger partial charge is 0.468 e. The minimum Gasteiger partial charge on any atom is -0.468 e. The van der Waals surface area contributed by atoms with Gasteiger partial charge in [0.25, 0.3) is 0 Å². The highest BCUT2D eigenvalue weighted by Crippen LogP contribution is 2.21. The molecule has 0 spiro atoms.